The number of aliphatic carboxylic acids is 1. The second-order valence-corrected chi connectivity index (χ2v) is 5.35. The van der Waals surface area contributed by atoms with Crippen LogP contribution in [0.25, 0.3) is 0 Å². The Kier molecular flexibility index (Phi) is 3.77. The summed E-state index contributed by atoms with van der Waals surface area (Å²) in [5.41, 5.74) is -1.50. The predicted molar refractivity (Wildman–Crippen MR) is 66.2 cm³/mol. The smallest absolute Gasteiger partial charge is 0.417 e. The SMILES string of the molecule is O=C(O)C1CN(C(=O)c2ccc(Br)cc2C(F)(F)F)C1. The highest BCUT2D eigenvalue weighted by atomic mass is 79.9. The molecule has 108 valence electrons. The lowest BCUT2D eigenvalue weighted by molar-refractivity contribution is -0.146. The fourth-order valence-electron chi connectivity index (χ4n) is 1.91. The summed E-state index contributed by atoms with van der Waals surface area (Å²) >= 11 is 2.93. The van der Waals surface area contributed by atoms with E-state index >= 15 is 0 Å². The van der Waals surface area contributed by atoms with E-state index < -0.39 is 35.1 Å². The molecule has 8 heteroatoms. The molecule has 1 N–H and O–H groups in total. The molecule has 1 aliphatic heterocycles. The van der Waals surface area contributed by atoms with Crippen LogP contribution >= 0.6 is 15.9 Å². The Morgan fingerprint density at radius 2 is 1.90 bits per heavy atom. The van der Waals surface area contributed by atoms with Crippen LogP contribution in [0.3, 0.4) is 0 Å². The van der Waals surface area contributed by atoms with Gasteiger partial charge in [-0.15, -0.1) is 0 Å². The number of carbonyl (C=O) groups excluding carboxylic acids is 1. The summed E-state index contributed by atoms with van der Waals surface area (Å²) in [4.78, 5) is 23.7. The molecule has 1 fully saturated rings. The van der Waals surface area contributed by atoms with Crippen LogP contribution in [0.4, 0.5) is 13.2 Å². The van der Waals surface area contributed by atoms with Gasteiger partial charge in [0, 0.05) is 17.6 Å². The van der Waals surface area contributed by atoms with E-state index in [4.69, 9.17) is 5.11 Å². The Bertz CT molecular complexity index is 568. The van der Waals surface area contributed by atoms with Gasteiger partial charge in [-0.25, -0.2) is 0 Å². The Balaban J connectivity index is 2.25. The van der Waals surface area contributed by atoms with Crippen molar-refractivity contribution in [3.63, 3.8) is 0 Å². The van der Waals surface area contributed by atoms with Gasteiger partial charge in [-0.2, -0.15) is 13.2 Å². The average molecular weight is 352 g/mol. The lowest BCUT2D eigenvalue weighted by Crippen LogP contribution is -2.53. The van der Waals surface area contributed by atoms with Gasteiger partial charge in [0.15, 0.2) is 0 Å². The van der Waals surface area contributed by atoms with E-state index in [1.807, 2.05) is 0 Å². The van der Waals surface area contributed by atoms with Gasteiger partial charge in [0.1, 0.15) is 0 Å². The Labute approximate surface area is 120 Å². The topological polar surface area (TPSA) is 57.6 Å². The molecule has 2 rings (SSSR count). The summed E-state index contributed by atoms with van der Waals surface area (Å²) in [6, 6.07) is 3.27. The average Bonchev–Trinajstić information content (AvgIpc) is 2.24. The number of alkyl halides is 3. The van der Waals surface area contributed by atoms with Crippen LogP contribution < -0.4 is 0 Å². The third-order valence-corrected chi connectivity index (χ3v) is 3.53. The van der Waals surface area contributed by atoms with Crippen LogP contribution in [-0.2, 0) is 11.0 Å². The summed E-state index contributed by atoms with van der Waals surface area (Å²) in [6.07, 6.45) is -4.65. The highest BCUT2D eigenvalue weighted by molar-refractivity contribution is 9.10. The molecule has 1 aromatic carbocycles. The molecule has 0 spiro atoms. The number of amides is 1. The number of rotatable bonds is 2. The van der Waals surface area contributed by atoms with Crippen molar-refractivity contribution in [1.29, 1.82) is 0 Å². The number of carbonyl (C=O) groups is 2. The van der Waals surface area contributed by atoms with Crippen molar-refractivity contribution >= 4 is 27.8 Å². The van der Waals surface area contributed by atoms with Gasteiger partial charge in [0.05, 0.1) is 17.0 Å². The van der Waals surface area contributed by atoms with E-state index in [9.17, 15) is 22.8 Å². The molecule has 0 unspecified atom stereocenters. The molecule has 1 heterocycles. The van der Waals surface area contributed by atoms with E-state index in [2.05, 4.69) is 15.9 Å². The van der Waals surface area contributed by atoms with Gasteiger partial charge in [0.2, 0.25) is 0 Å². The number of likely N-dealkylation sites (tertiary alicyclic amines) is 1. The maximum absolute atomic E-state index is 12.9. The standard InChI is InChI=1S/C12H9BrF3NO3/c13-7-1-2-8(9(3-7)12(14,15)16)10(18)17-4-6(5-17)11(19)20/h1-3,6H,4-5H2,(H,19,20). The molecule has 0 radical (unpaired) electrons. The summed E-state index contributed by atoms with van der Waals surface area (Å²) < 4.78 is 38.9. The minimum absolute atomic E-state index is 0.0679. The zero-order valence-corrected chi connectivity index (χ0v) is 11.5. The Morgan fingerprint density at radius 1 is 1.30 bits per heavy atom. The van der Waals surface area contributed by atoms with Crippen molar-refractivity contribution in [2.75, 3.05) is 13.1 Å². The maximum Gasteiger partial charge on any atom is 0.417 e. The lowest BCUT2D eigenvalue weighted by atomic mass is 9.97. The minimum Gasteiger partial charge on any atom is -0.481 e. The maximum atomic E-state index is 12.9. The van der Waals surface area contributed by atoms with Crippen molar-refractivity contribution in [2.24, 2.45) is 5.92 Å². The number of halogens is 4. The highest BCUT2D eigenvalue weighted by Crippen LogP contribution is 2.35. The third kappa shape index (κ3) is 2.79. The quantitative estimate of drug-likeness (QED) is 0.890. The number of carboxylic acid groups (broad SMARTS) is 1. The fourth-order valence-corrected chi connectivity index (χ4v) is 2.27. The molecule has 1 amide bonds. The molecule has 0 atom stereocenters. The molecule has 0 aromatic heterocycles. The number of carboxylic acids is 1. The first-order valence-electron chi connectivity index (χ1n) is 5.59. The summed E-state index contributed by atoms with van der Waals surface area (Å²) in [7, 11) is 0. The Hall–Kier alpha value is -1.57. The van der Waals surface area contributed by atoms with Gasteiger partial charge in [-0.05, 0) is 18.2 Å². The molecular formula is C12H9BrF3NO3. The molecule has 1 aliphatic rings. The number of benzene rings is 1. The van der Waals surface area contributed by atoms with Crippen LogP contribution in [0.15, 0.2) is 22.7 Å². The molecular weight excluding hydrogens is 343 g/mol. The molecule has 0 bridgehead atoms. The minimum atomic E-state index is -4.65. The van der Waals surface area contributed by atoms with Gasteiger partial charge in [-0.3, -0.25) is 9.59 Å². The van der Waals surface area contributed by atoms with Crippen molar-refractivity contribution in [3.05, 3.63) is 33.8 Å². The fraction of sp³-hybridized carbons (Fsp3) is 0.333. The van der Waals surface area contributed by atoms with Crippen molar-refractivity contribution in [2.45, 2.75) is 6.18 Å². The number of hydrogen-bond acceptors (Lipinski definition) is 2. The summed E-state index contributed by atoms with van der Waals surface area (Å²) in [6.45, 7) is -0.136. The molecule has 1 saturated heterocycles. The first-order chi connectivity index (χ1) is 9.20. The first-order valence-corrected chi connectivity index (χ1v) is 6.38. The van der Waals surface area contributed by atoms with E-state index in [0.29, 0.717) is 0 Å². The molecule has 1 aromatic rings. The monoisotopic (exact) mass is 351 g/mol. The lowest BCUT2D eigenvalue weighted by Gasteiger charge is -2.37. The first kappa shape index (κ1) is 14.8. The zero-order valence-electron chi connectivity index (χ0n) is 9.95. The van der Waals surface area contributed by atoms with E-state index in [0.717, 1.165) is 17.0 Å². The third-order valence-electron chi connectivity index (χ3n) is 3.04. The van der Waals surface area contributed by atoms with Gasteiger partial charge in [0.25, 0.3) is 5.91 Å². The Morgan fingerprint density at radius 3 is 2.40 bits per heavy atom. The van der Waals surface area contributed by atoms with Crippen molar-refractivity contribution in [3.8, 4) is 0 Å². The van der Waals surface area contributed by atoms with Crippen LogP contribution in [-0.4, -0.2) is 35.0 Å². The van der Waals surface area contributed by atoms with Crippen LogP contribution in [0, 0.1) is 5.92 Å². The second-order valence-electron chi connectivity index (χ2n) is 4.43. The molecule has 4 nitrogen and oxygen atoms in total. The zero-order chi connectivity index (χ0) is 15.1. The molecule has 0 saturated carbocycles. The van der Waals surface area contributed by atoms with Gasteiger partial charge >= 0.3 is 12.1 Å². The molecule has 0 aliphatic carbocycles. The van der Waals surface area contributed by atoms with E-state index in [1.54, 1.807) is 0 Å². The normalized spacial score (nSPS) is 15.9. The van der Waals surface area contributed by atoms with Gasteiger partial charge < -0.3 is 10.0 Å². The predicted octanol–water partition coefficient (Wildman–Crippen LogP) is 2.62. The summed E-state index contributed by atoms with van der Waals surface area (Å²) in [5.74, 6) is -2.56. The second kappa shape index (κ2) is 5.08. The van der Waals surface area contributed by atoms with E-state index in [1.165, 1.54) is 6.07 Å². The van der Waals surface area contributed by atoms with Crippen LogP contribution in [0.1, 0.15) is 15.9 Å². The van der Waals surface area contributed by atoms with Crippen molar-refractivity contribution < 1.29 is 27.9 Å². The van der Waals surface area contributed by atoms with E-state index in [-0.39, 0.29) is 17.6 Å². The number of hydrogen-bond donors (Lipinski definition) is 1. The largest absolute Gasteiger partial charge is 0.481 e. The van der Waals surface area contributed by atoms with Gasteiger partial charge in [-0.1, -0.05) is 15.9 Å². The summed E-state index contributed by atoms with van der Waals surface area (Å²) in [5, 5.41) is 8.70. The van der Waals surface area contributed by atoms with Crippen LogP contribution in [0.2, 0.25) is 0 Å². The highest BCUT2D eigenvalue weighted by Gasteiger charge is 2.40. The number of nitrogens with zero attached hydrogens (tertiary/aromatic N) is 1. The molecule has 20 heavy (non-hydrogen) atoms. The van der Waals surface area contributed by atoms with Crippen molar-refractivity contribution in [1.82, 2.24) is 4.90 Å². The van der Waals surface area contributed by atoms with Crippen LogP contribution in [0.5, 0.6) is 0 Å².